The highest BCUT2D eigenvalue weighted by Gasteiger charge is 2.30. The van der Waals surface area contributed by atoms with E-state index in [0.717, 1.165) is 41.0 Å². The van der Waals surface area contributed by atoms with Gasteiger partial charge in [-0.15, -0.1) is 0 Å². The zero-order valence-electron chi connectivity index (χ0n) is 16.3. The number of hydrogen-bond acceptors (Lipinski definition) is 3. The Morgan fingerprint density at radius 2 is 1.52 bits per heavy atom. The molecule has 2 aromatic rings. The highest BCUT2D eigenvalue weighted by Crippen LogP contribution is 2.32. The first-order chi connectivity index (χ1) is 12.9. The Kier molecular flexibility index (Phi) is 5.49. The van der Waals surface area contributed by atoms with E-state index in [9.17, 15) is 9.59 Å². The summed E-state index contributed by atoms with van der Waals surface area (Å²) in [6.07, 6.45) is 1.26. The van der Waals surface area contributed by atoms with Gasteiger partial charge < -0.3 is 15.4 Å². The molecule has 1 aliphatic rings. The van der Waals surface area contributed by atoms with Gasteiger partial charge in [-0.1, -0.05) is 24.3 Å². The van der Waals surface area contributed by atoms with Crippen molar-refractivity contribution < 1.29 is 14.3 Å². The first-order valence-electron chi connectivity index (χ1n) is 9.31. The van der Waals surface area contributed by atoms with Crippen molar-refractivity contribution in [1.29, 1.82) is 0 Å². The molecule has 2 amide bonds. The number of carbonyl (C=O) groups is 2. The van der Waals surface area contributed by atoms with Crippen molar-refractivity contribution in [1.82, 2.24) is 0 Å². The summed E-state index contributed by atoms with van der Waals surface area (Å²) in [6.45, 7) is 7.54. The summed E-state index contributed by atoms with van der Waals surface area (Å²) in [5.41, 5.74) is 4.23. The highest BCUT2D eigenvalue weighted by molar-refractivity contribution is 5.98. The summed E-state index contributed by atoms with van der Waals surface area (Å²) in [6, 6.07) is 11.4. The van der Waals surface area contributed by atoms with Crippen molar-refractivity contribution in [3.05, 3.63) is 53.1 Å². The van der Waals surface area contributed by atoms with Crippen LogP contribution in [-0.4, -0.2) is 17.9 Å². The Morgan fingerprint density at radius 3 is 2.11 bits per heavy atom. The normalized spacial score (nSPS) is 14.4. The van der Waals surface area contributed by atoms with E-state index < -0.39 is 6.10 Å². The van der Waals surface area contributed by atoms with E-state index >= 15 is 0 Å². The van der Waals surface area contributed by atoms with Crippen molar-refractivity contribution in [3.8, 4) is 5.75 Å². The van der Waals surface area contributed by atoms with E-state index in [4.69, 9.17) is 4.74 Å². The molecule has 2 N–H and O–H groups in total. The molecule has 5 nitrogen and oxygen atoms in total. The lowest BCUT2D eigenvalue weighted by Crippen LogP contribution is -2.31. The maximum Gasteiger partial charge on any atom is 0.265 e. The Balaban J connectivity index is 1.69. The van der Waals surface area contributed by atoms with Crippen LogP contribution in [0.2, 0.25) is 0 Å². The van der Waals surface area contributed by atoms with Crippen molar-refractivity contribution in [3.63, 3.8) is 0 Å². The molecule has 0 aromatic heterocycles. The average molecular weight is 366 g/mol. The van der Waals surface area contributed by atoms with Crippen LogP contribution in [0, 0.1) is 26.7 Å². The Morgan fingerprint density at radius 1 is 0.963 bits per heavy atom. The number of rotatable bonds is 6. The second kappa shape index (κ2) is 7.82. The van der Waals surface area contributed by atoms with Crippen LogP contribution in [0.1, 0.15) is 36.5 Å². The van der Waals surface area contributed by atoms with Gasteiger partial charge in [0.1, 0.15) is 5.75 Å². The molecule has 0 bridgehead atoms. The number of hydrogen-bond donors (Lipinski definition) is 2. The van der Waals surface area contributed by atoms with Crippen molar-refractivity contribution in [2.45, 2.75) is 46.6 Å². The van der Waals surface area contributed by atoms with E-state index in [0.29, 0.717) is 5.69 Å². The second-order valence-electron chi connectivity index (χ2n) is 7.21. The molecule has 0 heterocycles. The van der Waals surface area contributed by atoms with Crippen LogP contribution in [-0.2, 0) is 9.59 Å². The molecule has 1 unspecified atom stereocenters. The average Bonchev–Trinajstić information content (AvgIpc) is 3.46. The van der Waals surface area contributed by atoms with Gasteiger partial charge in [0.05, 0.1) is 0 Å². The number of amides is 2. The quantitative estimate of drug-likeness (QED) is 0.798. The lowest BCUT2D eigenvalue weighted by atomic mass is 10.1. The predicted molar refractivity (Wildman–Crippen MR) is 107 cm³/mol. The Hall–Kier alpha value is -2.82. The van der Waals surface area contributed by atoms with Crippen molar-refractivity contribution in [2.75, 3.05) is 10.6 Å². The van der Waals surface area contributed by atoms with Crippen LogP contribution in [0.5, 0.6) is 5.75 Å². The number of anilines is 2. The van der Waals surface area contributed by atoms with Crippen LogP contribution in [0.25, 0.3) is 0 Å². The molecule has 0 radical (unpaired) electrons. The van der Waals surface area contributed by atoms with Crippen LogP contribution < -0.4 is 15.4 Å². The van der Waals surface area contributed by atoms with Crippen LogP contribution in [0.4, 0.5) is 11.4 Å². The van der Waals surface area contributed by atoms with Gasteiger partial charge in [0.15, 0.2) is 6.10 Å². The third kappa shape index (κ3) is 4.48. The monoisotopic (exact) mass is 366 g/mol. The molecule has 142 valence electrons. The zero-order valence-corrected chi connectivity index (χ0v) is 16.3. The van der Waals surface area contributed by atoms with Gasteiger partial charge in [-0.25, -0.2) is 0 Å². The highest BCUT2D eigenvalue weighted by atomic mass is 16.5. The Bertz CT molecular complexity index is 852. The molecule has 1 aliphatic carbocycles. The number of ether oxygens (including phenoxy) is 1. The van der Waals surface area contributed by atoms with Gasteiger partial charge in [0.25, 0.3) is 5.91 Å². The molecule has 2 aromatic carbocycles. The maximum absolute atomic E-state index is 12.6. The number of para-hydroxylation sites is 1. The molecule has 1 atom stereocenters. The largest absolute Gasteiger partial charge is 0.480 e. The first-order valence-corrected chi connectivity index (χ1v) is 9.31. The maximum atomic E-state index is 12.6. The summed E-state index contributed by atoms with van der Waals surface area (Å²) in [5.74, 6) is 0.690. The van der Waals surface area contributed by atoms with E-state index in [-0.39, 0.29) is 17.7 Å². The summed E-state index contributed by atoms with van der Waals surface area (Å²) in [7, 11) is 0. The van der Waals surface area contributed by atoms with Crippen LogP contribution in [0.15, 0.2) is 36.4 Å². The van der Waals surface area contributed by atoms with Gasteiger partial charge in [0.2, 0.25) is 5.91 Å². The molecule has 0 spiro atoms. The SMILES string of the molecule is Cc1cccc(C)c1OC(C)C(=O)Nc1cccc(NC(=O)C2CC2)c1C. The number of carbonyl (C=O) groups excluding carboxylic acids is 2. The standard InChI is InChI=1S/C22H26N2O3/c1-13-7-5-8-14(2)20(13)27-16(4)21(25)23-18-9-6-10-19(15(18)3)24-22(26)17-11-12-17/h5-10,16-17H,11-12H2,1-4H3,(H,23,25)(H,24,26). The molecular weight excluding hydrogens is 340 g/mol. The molecule has 1 saturated carbocycles. The molecule has 27 heavy (non-hydrogen) atoms. The summed E-state index contributed by atoms with van der Waals surface area (Å²) in [5, 5.41) is 5.86. The van der Waals surface area contributed by atoms with Gasteiger partial charge in [0, 0.05) is 17.3 Å². The van der Waals surface area contributed by atoms with E-state index in [1.165, 1.54) is 0 Å². The fraction of sp³-hybridized carbons (Fsp3) is 0.364. The van der Waals surface area contributed by atoms with Crippen LogP contribution >= 0.6 is 0 Å². The van der Waals surface area contributed by atoms with E-state index in [1.54, 1.807) is 6.92 Å². The number of benzene rings is 2. The summed E-state index contributed by atoms with van der Waals surface area (Å²) < 4.78 is 5.90. The predicted octanol–water partition coefficient (Wildman–Crippen LogP) is 4.37. The lowest BCUT2D eigenvalue weighted by molar-refractivity contribution is -0.122. The lowest BCUT2D eigenvalue weighted by Gasteiger charge is -2.19. The third-order valence-corrected chi connectivity index (χ3v) is 4.87. The summed E-state index contributed by atoms with van der Waals surface area (Å²) in [4.78, 5) is 24.6. The topological polar surface area (TPSA) is 67.4 Å². The van der Waals surface area contributed by atoms with Crippen LogP contribution in [0.3, 0.4) is 0 Å². The van der Waals surface area contributed by atoms with E-state index in [2.05, 4.69) is 10.6 Å². The van der Waals surface area contributed by atoms with Gasteiger partial charge in [-0.05, 0) is 69.4 Å². The van der Waals surface area contributed by atoms with Gasteiger partial charge in [-0.2, -0.15) is 0 Å². The minimum absolute atomic E-state index is 0.0494. The third-order valence-electron chi connectivity index (χ3n) is 4.87. The second-order valence-corrected chi connectivity index (χ2v) is 7.21. The number of nitrogens with one attached hydrogen (secondary N) is 2. The van der Waals surface area contributed by atoms with Crippen molar-refractivity contribution in [2.24, 2.45) is 5.92 Å². The smallest absolute Gasteiger partial charge is 0.265 e. The van der Waals surface area contributed by atoms with Gasteiger partial charge in [-0.3, -0.25) is 9.59 Å². The van der Waals surface area contributed by atoms with Crippen molar-refractivity contribution >= 4 is 23.2 Å². The first kappa shape index (κ1) is 19.0. The number of aryl methyl sites for hydroxylation is 2. The molecule has 0 aliphatic heterocycles. The molecular formula is C22H26N2O3. The molecule has 0 saturated heterocycles. The minimum atomic E-state index is -0.645. The fourth-order valence-corrected chi connectivity index (χ4v) is 2.94. The molecule has 5 heteroatoms. The zero-order chi connectivity index (χ0) is 19.6. The Labute approximate surface area is 160 Å². The van der Waals surface area contributed by atoms with E-state index in [1.807, 2.05) is 57.2 Å². The summed E-state index contributed by atoms with van der Waals surface area (Å²) >= 11 is 0. The fourth-order valence-electron chi connectivity index (χ4n) is 2.94. The minimum Gasteiger partial charge on any atom is -0.480 e. The molecule has 3 rings (SSSR count). The van der Waals surface area contributed by atoms with Gasteiger partial charge >= 0.3 is 0 Å². The molecule has 1 fully saturated rings.